The molecule has 1 unspecified atom stereocenters. The molecule has 2 rings (SSSR count). The van der Waals surface area contributed by atoms with Crippen molar-refractivity contribution in [2.45, 2.75) is 58.5 Å². The monoisotopic (exact) mass is 359 g/mol. The molecule has 4 heteroatoms. The zero-order valence-corrected chi connectivity index (χ0v) is 15.9. The molecule has 0 bridgehead atoms. The van der Waals surface area contributed by atoms with E-state index in [0.29, 0.717) is 12.2 Å². The number of nitrogens with zero attached hydrogens (tertiary/aromatic N) is 1. The van der Waals surface area contributed by atoms with Crippen molar-refractivity contribution in [3.8, 4) is 22.8 Å². The molecular weight excluding hydrogens is 329 g/mol. The molecule has 3 nitrogen and oxygen atoms in total. The van der Waals surface area contributed by atoms with Gasteiger partial charge >= 0.3 is 0 Å². The molecule has 1 heterocycles. The van der Waals surface area contributed by atoms with Gasteiger partial charge in [0, 0.05) is 5.56 Å². The lowest BCUT2D eigenvalue weighted by atomic mass is 10.1. The van der Waals surface area contributed by atoms with Crippen LogP contribution < -0.4 is 9.47 Å². The first-order chi connectivity index (χ1) is 12.7. The van der Waals surface area contributed by atoms with Gasteiger partial charge in [0.2, 0.25) is 0 Å². The van der Waals surface area contributed by atoms with Gasteiger partial charge in [-0.3, -0.25) is 4.98 Å². The number of benzene rings is 1. The van der Waals surface area contributed by atoms with Crippen LogP contribution in [0, 0.1) is 0 Å². The fraction of sp³-hybridized carbons (Fsp3) is 0.500. The van der Waals surface area contributed by atoms with E-state index >= 15 is 0 Å². The van der Waals surface area contributed by atoms with E-state index in [1.807, 2.05) is 36.4 Å². The summed E-state index contributed by atoms with van der Waals surface area (Å²) in [6.07, 6.45) is 6.64. The van der Waals surface area contributed by atoms with E-state index in [4.69, 9.17) is 9.47 Å². The number of ether oxygens (including phenoxy) is 2. The molecule has 0 N–H and O–H groups in total. The van der Waals surface area contributed by atoms with Crippen LogP contribution in [0.25, 0.3) is 11.3 Å². The van der Waals surface area contributed by atoms with Crippen molar-refractivity contribution in [3.63, 3.8) is 0 Å². The minimum Gasteiger partial charge on any atom is -0.494 e. The molecule has 0 fully saturated rings. The number of alkyl halides is 1. The van der Waals surface area contributed by atoms with Crippen molar-refractivity contribution < 1.29 is 13.9 Å². The maximum atomic E-state index is 13.6. The Kier molecular flexibility index (Phi) is 8.94. The lowest BCUT2D eigenvalue weighted by Gasteiger charge is -2.10. The fourth-order valence-electron chi connectivity index (χ4n) is 2.60. The molecular formula is C22H30FNO2. The smallest absolute Gasteiger partial charge is 0.137 e. The molecule has 0 radical (unpaired) electrons. The van der Waals surface area contributed by atoms with Crippen LogP contribution in [-0.4, -0.2) is 24.4 Å². The predicted molar refractivity (Wildman–Crippen MR) is 105 cm³/mol. The summed E-state index contributed by atoms with van der Waals surface area (Å²) in [5, 5.41) is 0. The van der Waals surface area contributed by atoms with Gasteiger partial charge in [-0.25, -0.2) is 4.39 Å². The summed E-state index contributed by atoms with van der Waals surface area (Å²) in [4.78, 5) is 4.42. The van der Waals surface area contributed by atoms with Gasteiger partial charge in [-0.05, 0) is 49.2 Å². The van der Waals surface area contributed by atoms with Crippen LogP contribution in [0.15, 0.2) is 42.6 Å². The van der Waals surface area contributed by atoms with Crippen molar-refractivity contribution in [1.82, 2.24) is 4.98 Å². The Balaban J connectivity index is 1.83. The van der Waals surface area contributed by atoms with Crippen molar-refractivity contribution in [1.29, 1.82) is 0 Å². The highest BCUT2D eigenvalue weighted by molar-refractivity contribution is 5.60. The van der Waals surface area contributed by atoms with Gasteiger partial charge in [-0.1, -0.05) is 39.5 Å². The van der Waals surface area contributed by atoms with Crippen molar-refractivity contribution in [2.75, 3.05) is 13.2 Å². The van der Waals surface area contributed by atoms with Crippen LogP contribution in [0.2, 0.25) is 0 Å². The first-order valence-electron chi connectivity index (χ1n) is 9.69. The molecule has 1 aromatic carbocycles. The van der Waals surface area contributed by atoms with Gasteiger partial charge in [0.15, 0.2) is 0 Å². The number of aromatic nitrogens is 1. The van der Waals surface area contributed by atoms with Crippen molar-refractivity contribution in [2.24, 2.45) is 0 Å². The molecule has 2 aromatic rings. The van der Waals surface area contributed by atoms with Gasteiger partial charge in [-0.15, -0.1) is 0 Å². The Morgan fingerprint density at radius 2 is 1.62 bits per heavy atom. The van der Waals surface area contributed by atoms with Crippen LogP contribution in [0.5, 0.6) is 11.5 Å². The normalized spacial score (nSPS) is 12.0. The van der Waals surface area contributed by atoms with Crippen LogP contribution in [0.1, 0.15) is 52.4 Å². The van der Waals surface area contributed by atoms with Crippen molar-refractivity contribution in [3.05, 3.63) is 42.6 Å². The zero-order valence-electron chi connectivity index (χ0n) is 15.9. The average Bonchev–Trinajstić information content (AvgIpc) is 2.69. The third-order valence-corrected chi connectivity index (χ3v) is 4.20. The molecule has 0 aliphatic heterocycles. The number of hydrogen-bond donors (Lipinski definition) is 0. The first kappa shape index (κ1) is 20.2. The van der Waals surface area contributed by atoms with E-state index in [1.54, 1.807) is 6.20 Å². The summed E-state index contributed by atoms with van der Waals surface area (Å²) in [7, 11) is 0. The summed E-state index contributed by atoms with van der Waals surface area (Å²) < 4.78 is 24.8. The fourth-order valence-corrected chi connectivity index (χ4v) is 2.60. The third-order valence-electron chi connectivity index (χ3n) is 4.20. The Bertz CT molecular complexity index is 613. The van der Waals surface area contributed by atoms with Crippen LogP contribution in [0.3, 0.4) is 0 Å². The quantitative estimate of drug-likeness (QED) is 0.421. The largest absolute Gasteiger partial charge is 0.494 e. The summed E-state index contributed by atoms with van der Waals surface area (Å²) in [5.41, 5.74) is 1.88. The van der Waals surface area contributed by atoms with Gasteiger partial charge in [0.1, 0.15) is 24.3 Å². The minimum absolute atomic E-state index is 0.0884. The molecule has 1 atom stereocenters. The van der Waals surface area contributed by atoms with E-state index in [2.05, 4.69) is 18.8 Å². The average molecular weight is 359 g/mol. The SMILES string of the molecule is CCCCCOc1ccc(-c2ccc(OCC(F)CCCC)cn2)cc1. The molecule has 142 valence electrons. The molecule has 0 saturated carbocycles. The van der Waals surface area contributed by atoms with Crippen molar-refractivity contribution >= 4 is 0 Å². The number of halogens is 1. The van der Waals surface area contributed by atoms with Gasteiger partial charge in [0.05, 0.1) is 18.5 Å². The zero-order chi connectivity index (χ0) is 18.6. The predicted octanol–water partition coefficient (Wildman–Crippen LogP) is 6.22. The molecule has 0 spiro atoms. The minimum atomic E-state index is -0.917. The second-order valence-corrected chi connectivity index (χ2v) is 6.51. The summed E-state index contributed by atoms with van der Waals surface area (Å²) in [5.74, 6) is 1.48. The van der Waals surface area contributed by atoms with Crippen LogP contribution >= 0.6 is 0 Å². The lowest BCUT2D eigenvalue weighted by molar-refractivity contribution is 0.184. The second kappa shape index (κ2) is 11.5. The van der Waals surface area contributed by atoms with Gasteiger partial charge in [-0.2, -0.15) is 0 Å². The first-order valence-corrected chi connectivity index (χ1v) is 9.69. The molecule has 1 aromatic heterocycles. The molecule has 26 heavy (non-hydrogen) atoms. The van der Waals surface area contributed by atoms with Crippen LogP contribution in [-0.2, 0) is 0 Å². The summed E-state index contributed by atoms with van der Waals surface area (Å²) in [6, 6.07) is 11.7. The lowest BCUT2D eigenvalue weighted by Crippen LogP contribution is -2.12. The van der Waals surface area contributed by atoms with E-state index in [9.17, 15) is 4.39 Å². The number of pyridine rings is 1. The number of unbranched alkanes of at least 4 members (excludes halogenated alkanes) is 3. The van der Waals surface area contributed by atoms with E-state index in [1.165, 1.54) is 12.8 Å². The molecule has 0 amide bonds. The number of hydrogen-bond acceptors (Lipinski definition) is 3. The molecule has 0 aliphatic rings. The van der Waals surface area contributed by atoms with Gasteiger partial charge < -0.3 is 9.47 Å². The van der Waals surface area contributed by atoms with E-state index < -0.39 is 6.17 Å². The maximum Gasteiger partial charge on any atom is 0.137 e. The Morgan fingerprint density at radius 1 is 0.885 bits per heavy atom. The van der Waals surface area contributed by atoms with E-state index in [-0.39, 0.29) is 6.61 Å². The summed E-state index contributed by atoms with van der Waals surface area (Å²) >= 11 is 0. The highest BCUT2D eigenvalue weighted by Crippen LogP contribution is 2.23. The summed E-state index contributed by atoms with van der Waals surface area (Å²) in [6.45, 7) is 5.08. The van der Waals surface area contributed by atoms with Gasteiger partial charge in [0.25, 0.3) is 0 Å². The topological polar surface area (TPSA) is 31.4 Å². The second-order valence-electron chi connectivity index (χ2n) is 6.51. The number of rotatable bonds is 12. The standard InChI is InChI=1S/C22H30FNO2/c1-3-5-7-15-25-20-11-9-18(10-12-20)22-14-13-21(16-24-22)26-17-19(23)8-6-4-2/h9-14,16,19H,3-8,15,17H2,1-2H3. The third kappa shape index (κ3) is 7.03. The molecule has 0 saturated heterocycles. The highest BCUT2D eigenvalue weighted by Gasteiger charge is 2.07. The van der Waals surface area contributed by atoms with Crippen LogP contribution in [0.4, 0.5) is 4.39 Å². The Labute approximate surface area is 156 Å². The van der Waals surface area contributed by atoms with E-state index in [0.717, 1.165) is 42.9 Å². The Morgan fingerprint density at radius 3 is 2.27 bits per heavy atom. The maximum absolute atomic E-state index is 13.6. The molecule has 0 aliphatic carbocycles. The highest BCUT2D eigenvalue weighted by atomic mass is 19.1. The Hall–Kier alpha value is -2.10.